The first-order valence-electron chi connectivity index (χ1n) is 6.43. The van der Waals surface area contributed by atoms with Gasteiger partial charge in [0.2, 0.25) is 0 Å². The van der Waals surface area contributed by atoms with Crippen LogP contribution in [0.3, 0.4) is 0 Å². The van der Waals surface area contributed by atoms with Gasteiger partial charge in [-0.1, -0.05) is 6.07 Å². The lowest BCUT2D eigenvalue weighted by molar-refractivity contribution is 0.102. The van der Waals surface area contributed by atoms with Crippen LogP contribution in [0.4, 0.5) is 15.8 Å². The molecule has 0 fully saturated rings. The van der Waals surface area contributed by atoms with E-state index in [9.17, 15) is 9.18 Å². The lowest BCUT2D eigenvalue weighted by Crippen LogP contribution is -2.16. The third kappa shape index (κ3) is 3.24. The number of hydrogen-bond acceptors (Lipinski definition) is 2. The van der Waals surface area contributed by atoms with Crippen molar-refractivity contribution in [1.82, 2.24) is 0 Å². The molecule has 0 radical (unpaired) electrons. The first-order chi connectivity index (χ1) is 9.79. The van der Waals surface area contributed by atoms with Gasteiger partial charge in [0.25, 0.3) is 5.91 Å². The van der Waals surface area contributed by atoms with Crippen LogP contribution in [0, 0.1) is 26.6 Å². The van der Waals surface area contributed by atoms with Gasteiger partial charge >= 0.3 is 0 Å². The van der Waals surface area contributed by atoms with Crippen molar-refractivity contribution in [1.29, 1.82) is 0 Å². The summed E-state index contributed by atoms with van der Waals surface area (Å²) >= 11 is 3.41. The molecule has 2 aromatic rings. The number of anilines is 2. The summed E-state index contributed by atoms with van der Waals surface area (Å²) in [7, 11) is 0. The molecular formula is C16H16BrFN2O. The van der Waals surface area contributed by atoms with E-state index in [1.165, 1.54) is 12.1 Å². The molecule has 0 atom stereocenters. The smallest absolute Gasteiger partial charge is 0.258 e. The molecule has 0 bridgehead atoms. The second-order valence-corrected chi connectivity index (χ2v) is 5.95. The van der Waals surface area contributed by atoms with Crippen molar-refractivity contribution >= 4 is 33.2 Å². The Morgan fingerprint density at radius 3 is 2.43 bits per heavy atom. The highest BCUT2D eigenvalue weighted by molar-refractivity contribution is 9.10. The van der Waals surface area contributed by atoms with Crippen molar-refractivity contribution < 1.29 is 9.18 Å². The summed E-state index contributed by atoms with van der Waals surface area (Å²) < 4.78 is 14.8. The van der Waals surface area contributed by atoms with Crippen LogP contribution in [0.2, 0.25) is 0 Å². The van der Waals surface area contributed by atoms with Gasteiger partial charge in [-0.2, -0.15) is 0 Å². The summed E-state index contributed by atoms with van der Waals surface area (Å²) in [5, 5.41) is 2.74. The number of amides is 1. The molecule has 0 unspecified atom stereocenters. The molecule has 0 aliphatic rings. The Labute approximate surface area is 131 Å². The van der Waals surface area contributed by atoms with Gasteiger partial charge in [0.05, 0.1) is 11.3 Å². The molecule has 2 rings (SSSR count). The highest BCUT2D eigenvalue weighted by atomic mass is 79.9. The summed E-state index contributed by atoms with van der Waals surface area (Å²) in [6.07, 6.45) is 0. The molecule has 21 heavy (non-hydrogen) atoms. The van der Waals surface area contributed by atoms with Crippen LogP contribution < -0.4 is 11.1 Å². The third-order valence-electron chi connectivity index (χ3n) is 3.19. The molecule has 1 amide bonds. The molecule has 110 valence electrons. The second kappa shape index (κ2) is 5.85. The number of nitrogens with two attached hydrogens (primary N) is 1. The van der Waals surface area contributed by atoms with E-state index >= 15 is 0 Å². The quantitative estimate of drug-likeness (QED) is 0.791. The van der Waals surface area contributed by atoms with Gasteiger partial charge < -0.3 is 11.1 Å². The summed E-state index contributed by atoms with van der Waals surface area (Å²) in [5.74, 6) is -1.07. The fourth-order valence-electron chi connectivity index (χ4n) is 2.22. The average molecular weight is 351 g/mol. The van der Waals surface area contributed by atoms with Gasteiger partial charge in [-0.3, -0.25) is 4.79 Å². The van der Waals surface area contributed by atoms with Crippen molar-refractivity contribution in [2.24, 2.45) is 0 Å². The molecule has 5 heteroatoms. The van der Waals surface area contributed by atoms with Crippen LogP contribution in [0.1, 0.15) is 27.0 Å². The second-order valence-electron chi connectivity index (χ2n) is 5.09. The van der Waals surface area contributed by atoms with E-state index in [4.69, 9.17) is 5.73 Å². The van der Waals surface area contributed by atoms with Crippen LogP contribution >= 0.6 is 15.9 Å². The van der Waals surface area contributed by atoms with Crippen molar-refractivity contribution in [2.75, 3.05) is 11.1 Å². The third-order valence-corrected chi connectivity index (χ3v) is 3.82. The number of carbonyl (C=O) groups excluding carboxylic acids is 1. The van der Waals surface area contributed by atoms with Gasteiger partial charge in [0, 0.05) is 10.2 Å². The van der Waals surface area contributed by atoms with Crippen LogP contribution in [0.25, 0.3) is 0 Å². The molecule has 0 aliphatic heterocycles. The zero-order valence-electron chi connectivity index (χ0n) is 12.1. The van der Waals surface area contributed by atoms with Gasteiger partial charge in [0.15, 0.2) is 0 Å². The fourth-order valence-corrected chi connectivity index (χ4v) is 2.99. The topological polar surface area (TPSA) is 55.1 Å². The van der Waals surface area contributed by atoms with Gasteiger partial charge in [-0.25, -0.2) is 4.39 Å². The Hall–Kier alpha value is -1.88. The first kappa shape index (κ1) is 15.5. The largest absolute Gasteiger partial charge is 0.399 e. The van der Waals surface area contributed by atoms with E-state index in [1.807, 2.05) is 26.0 Å². The number of benzene rings is 2. The maximum atomic E-state index is 14.1. The lowest BCUT2D eigenvalue weighted by atomic mass is 10.1. The van der Waals surface area contributed by atoms with E-state index < -0.39 is 11.7 Å². The van der Waals surface area contributed by atoms with Crippen LogP contribution in [0.5, 0.6) is 0 Å². The van der Waals surface area contributed by atoms with Crippen molar-refractivity contribution in [3.8, 4) is 0 Å². The normalized spacial score (nSPS) is 10.5. The molecular weight excluding hydrogens is 335 g/mol. The highest BCUT2D eigenvalue weighted by Gasteiger charge is 2.17. The minimum absolute atomic E-state index is 0.0561. The lowest BCUT2D eigenvalue weighted by Gasteiger charge is -2.13. The molecule has 3 N–H and O–H groups in total. The summed E-state index contributed by atoms with van der Waals surface area (Å²) in [6.45, 7) is 5.42. The maximum Gasteiger partial charge on any atom is 0.258 e. The van der Waals surface area contributed by atoms with E-state index in [0.717, 1.165) is 15.6 Å². The fraction of sp³-hybridized carbons (Fsp3) is 0.188. The maximum absolute atomic E-state index is 14.1. The summed E-state index contributed by atoms with van der Waals surface area (Å²) in [6, 6.07) is 6.68. The number of nitrogens with one attached hydrogen (secondary N) is 1. The standard InChI is InChI=1S/C16H16BrFN2O/c1-8-4-10(3)15(13(17)5-8)20-16(21)12-7-11(19)6-9(2)14(12)18/h4-7H,19H2,1-3H3,(H,20,21). The molecule has 0 saturated heterocycles. The molecule has 3 nitrogen and oxygen atoms in total. The Balaban J connectivity index is 2.40. The highest BCUT2D eigenvalue weighted by Crippen LogP contribution is 2.29. The van der Waals surface area contributed by atoms with Crippen LogP contribution in [-0.2, 0) is 0 Å². The molecule has 0 aromatic heterocycles. The van der Waals surface area contributed by atoms with Gasteiger partial charge in [-0.05, 0) is 71.6 Å². The predicted molar refractivity (Wildman–Crippen MR) is 87.1 cm³/mol. The average Bonchev–Trinajstić information content (AvgIpc) is 2.37. The molecule has 2 aromatic carbocycles. The summed E-state index contributed by atoms with van der Waals surface area (Å²) in [4.78, 5) is 12.3. The SMILES string of the molecule is Cc1cc(C)c(NC(=O)c2cc(N)cc(C)c2F)c(Br)c1. The molecule has 0 aliphatic carbocycles. The molecule has 0 heterocycles. The minimum atomic E-state index is -0.553. The van der Waals surface area contributed by atoms with Gasteiger partial charge in [0.1, 0.15) is 5.82 Å². The molecule has 0 spiro atoms. The Morgan fingerprint density at radius 1 is 1.14 bits per heavy atom. The van der Waals surface area contributed by atoms with Gasteiger partial charge in [-0.15, -0.1) is 0 Å². The van der Waals surface area contributed by atoms with E-state index in [-0.39, 0.29) is 5.56 Å². The number of hydrogen-bond donors (Lipinski definition) is 2. The Morgan fingerprint density at radius 2 is 1.81 bits per heavy atom. The van der Waals surface area contributed by atoms with Crippen molar-refractivity contribution in [3.63, 3.8) is 0 Å². The minimum Gasteiger partial charge on any atom is -0.399 e. The number of nitrogen functional groups attached to an aromatic ring is 1. The van der Waals surface area contributed by atoms with Crippen molar-refractivity contribution in [3.05, 3.63) is 56.8 Å². The number of halogens is 2. The number of carbonyl (C=O) groups is 1. The monoisotopic (exact) mass is 350 g/mol. The van der Waals surface area contributed by atoms with E-state index in [1.54, 1.807) is 6.92 Å². The predicted octanol–water partition coefficient (Wildman–Crippen LogP) is 4.35. The first-order valence-corrected chi connectivity index (χ1v) is 7.22. The Kier molecular flexibility index (Phi) is 4.32. The van der Waals surface area contributed by atoms with Crippen LogP contribution in [-0.4, -0.2) is 5.91 Å². The van der Waals surface area contributed by atoms with Crippen LogP contribution in [0.15, 0.2) is 28.7 Å². The van der Waals surface area contributed by atoms with E-state index in [2.05, 4.69) is 21.2 Å². The summed E-state index contributed by atoms with van der Waals surface area (Å²) in [5.41, 5.74) is 8.94. The number of rotatable bonds is 2. The van der Waals surface area contributed by atoms with E-state index in [0.29, 0.717) is 16.9 Å². The number of aryl methyl sites for hydroxylation is 3. The van der Waals surface area contributed by atoms with Crippen molar-refractivity contribution in [2.45, 2.75) is 20.8 Å². The zero-order chi connectivity index (χ0) is 15.7. The zero-order valence-corrected chi connectivity index (χ0v) is 13.6. The molecule has 0 saturated carbocycles. The Bertz CT molecular complexity index is 705.